The largest absolute Gasteiger partial charge is 0.477 e. The second-order valence-corrected chi connectivity index (χ2v) is 7.04. The van der Waals surface area contributed by atoms with Gasteiger partial charge in [0.15, 0.2) is 5.65 Å². The molecule has 1 unspecified atom stereocenters. The maximum atomic E-state index is 13.4. The molecule has 1 saturated heterocycles. The van der Waals surface area contributed by atoms with E-state index in [0.29, 0.717) is 24.2 Å². The molecule has 0 saturated carbocycles. The molecule has 0 amide bonds. The van der Waals surface area contributed by atoms with Gasteiger partial charge in [-0.2, -0.15) is 13.2 Å². The minimum Gasteiger partial charge on any atom is -0.477 e. The molecule has 5 nitrogen and oxygen atoms in total. The number of alkyl halides is 3. The van der Waals surface area contributed by atoms with Crippen LogP contribution in [0.4, 0.5) is 13.2 Å². The molecule has 3 heterocycles. The summed E-state index contributed by atoms with van der Waals surface area (Å²) < 4.78 is 47.3. The SMILES string of the molecule is CN1CCCC1CCOc1ccc2ncc(-c3ccccc3C(F)(F)F)n2n1. The standard InChI is InChI=1S/C20H21F3N4O/c1-26-11-4-5-14(26)10-12-28-19-9-8-18-24-13-17(27(18)25-19)15-6-2-3-7-16(15)20(21,22)23/h2-3,6-9,13-14H,4-5,10-12H2,1H3. The van der Waals surface area contributed by atoms with Crippen molar-refractivity contribution in [3.63, 3.8) is 0 Å². The van der Waals surface area contributed by atoms with Crippen LogP contribution in [0.2, 0.25) is 0 Å². The Bertz CT molecular complexity index is 969. The van der Waals surface area contributed by atoms with E-state index in [-0.39, 0.29) is 11.3 Å². The van der Waals surface area contributed by atoms with Gasteiger partial charge in [0, 0.05) is 17.7 Å². The van der Waals surface area contributed by atoms with Gasteiger partial charge < -0.3 is 9.64 Å². The van der Waals surface area contributed by atoms with Crippen LogP contribution in [0.3, 0.4) is 0 Å². The van der Waals surface area contributed by atoms with Gasteiger partial charge in [-0.3, -0.25) is 0 Å². The minimum atomic E-state index is -4.46. The molecule has 1 atom stereocenters. The number of imidazole rings is 1. The predicted molar refractivity (Wildman–Crippen MR) is 99.2 cm³/mol. The highest BCUT2D eigenvalue weighted by atomic mass is 19.4. The number of ether oxygens (including phenoxy) is 1. The van der Waals surface area contributed by atoms with E-state index in [1.165, 1.54) is 29.3 Å². The molecule has 0 radical (unpaired) electrons. The van der Waals surface area contributed by atoms with Crippen LogP contribution in [0.25, 0.3) is 16.9 Å². The fourth-order valence-electron chi connectivity index (χ4n) is 3.71. The second kappa shape index (κ2) is 7.43. The van der Waals surface area contributed by atoms with Gasteiger partial charge in [-0.15, -0.1) is 5.10 Å². The summed E-state index contributed by atoms with van der Waals surface area (Å²) in [5, 5.41) is 4.37. The molecule has 148 valence electrons. The molecule has 8 heteroatoms. The molecule has 0 aliphatic carbocycles. The van der Waals surface area contributed by atoms with Gasteiger partial charge in [-0.05, 0) is 45.0 Å². The zero-order chi connectivity index (χ0) is 19.7. The minimum absolute atomic E-state index is 0.0414. The molecule has 1 aliphatic heterocycles. The van der Waals surface area contributed by atoms with Crippen LogP contribution >= 0.6 is 0 Å². The predicted octanol–water partition coefficient (Wildman–Crippen LogP) is 4.28. The third kappa shape index (κ3) is 3.69. The van der Waals surface area contributed by atoms with Gasteiger partial charge in [0.1, 0.15) is 0 Å². The molecule has 0 N–H and O–H groups in total. The van der Waals surface area contributed by atoms with Crippen molar-refractivity contribution in [3.05, 3.63) is 48.2 Å². The van der Waals surface area contributed by atoms with E-state index in [1.54, 1.807) is 18.2 Å². The number of nitrogens with zero attached hydrogens (tertiary/aromatic N) is 4. The summed E-state index contributed by atoms with van der Waals surface area (Å²) in [6.45, 7) is 1.61. The van der Waals surface area contributed by atoms with Crippen molar-refractivity contribution in [1.29, 1.82) is 0 Å². The van der Waals surface area contributed by atoms with E-state index in [4.69, 9.17) is 4.74 Å². The summed E-state index contributed by atoms with van der Waals surface area (Å²) in [4.78, 5) is 6.50. The van der Waals surface area contributed by atoms with Crippen molar-refractivity contribution in [2.24, 2.45) is 0 Å². The fraction of sp³-hybridized carbons (Fsp3) is 0.400. The second-order valence-electron chi connectivity index (χ2n) is 7.04. The van der Waals surface area contributed by atoms with Crippen molar-refractivity contribution in [1.82, 2.24) is 19.5 Å². The summed E-state index contributed by atoms with van der Waals surface area (Å²) >= 11 is 0. The summed E-state index contributed by atoms with van der Waals surface area (Å²) in [5.41, 5.74) is 0.0766. The average Bonchev–Trinajstić information content (AvgIpc) is 3.27. The van der Waals surface area contributed by atoms with Gasteiger partial charge >= 0.3 is 6.18 Å². The summed E-state index contributed by atoms with van der Waals surface area (Å²) in [6.07, 6.45) is 0.199. The van der Waals surface area contributed by atoms with Crippen molar-refractivity contribution in [2.75, 3.05) is 20.2 Å². The smallest absolute Gasteiger partial charge is 0.417 e. The number of likely N-dealkylation sites (tertiary alicyclic amines) is 1. The average molecular weight is 390 g/mol. The lowest BCUT2D eigenvalue weighted by Gasteiger charge is -2.19. The Hall–Kier alpha value is -2.61. The molecule has 4 rings (SSSR count). The Morgan fingerprint density at radius 2 is 2.00 bits per heavy atom. The van der Waals surface area contributed by atoms with Gasteiger partial charge in [0.05, 0.1) is 24.1 Å². The van der Waals surface area contributed by atoms with Crippen molar-refractivity contribution in [2.45, 2.75) is 31.5 Å². The van der Waals surface area contributed by atoms with Crippen LogP contribution in [0.5, 0.6) is 5.88 Å². The summed E-state index contributed by atoms with van der Waals surface area (Å²) in [6, 6.07) is 9.33. The van der Waals surface area contributed by atoms with Gasteiger partial charge in [0.2, 0.25) is 5.88 Å². The number of fused-ring (bicyclic) bond motifs is 1. The molecule has 1 aromatic carbocycles. The Labute approximate surface area is 160 Å². The number of hydrogen-bond donors (Lipinski definition) is 0. The van der Waals surface area contributed by atoms with Crippen LogP contribution in [0.15, 0.2) is 42.6 Å². The molecule has 3 aromatic rings. The lowest BCUT2D eigenvalue weighted by atomic mass is 10.0. The van der Waals surface area contributed by atoms with Crippen LogP contribution in [0, 0.1) is 0 Å². The maximum absolute atomic E-state index is 13.4. The molecule has 1 aliphatic rings. The zero-order valence-electron chi connectivity index (χ0n) is 15.5. The van der Waals surface area contributed by atoms with Crippen molar-refractivity contribution in [3.8, 4) is 17.1 Å². The highest BCUT2D eigenvalue weighted by Gasteiger charge is 2.34. The first-order valence-electron chi connectivity index (χ1n) is 9.28. The molecular weight excluding hydrogens is 369 g/mol. The van der Waals surface area contributed by atoms with E-state index in [2.05, 4.69) is 22.0 Å². The van der Waals surface area contributed by atoms with Gasteiger partial charge in [0.25, 0.3) is 0 Å². The lowest BCUT2D eigenvalue weighted by Crippen LogP contribution is -2.26. The highest BCUT2D eigenvalue weighted by molar-refractivity contribution is 5.67. The highest BCUT2D eigenvalue weighted by Crippen LogP contribution is 2.37. The van der Waals surface area contributed by atoms with E-state index in [1.807, 2.05) is 0 Å². The first-order chi connectivity index (χ1) is 13.4. The molecule has 1 fully saturated rings. The van der Waals surface area contributed by atoms with Crippen LogP contribution in [-0.4, -0.2) is 45.7 Å². The summed E-state index contributed by atoms with van der Waals surface area (Å²) in [5.74, 6) is 0.372. The number of halogens is 3. The number of hydrogen-bond acceptors (Lipinski definition) is 4. The Balaban J connectivity index is 1.59. The van der Waals surface area contributed by atoms with Crippen LogP contribution in [-0.2, 0) is 6.18 Å². The third-order valence-electron chi connectivity index (χ3n) is 5.22. The fourth-order valence-corrected chi connectivity index (χ4v) is 3.71. The van der Waals surface area contributed by atoms with E-state index < -0.39 is 11.7 Å². The Kier molecular flexibility index (Phi) is 4.97. The Morgan fingerprint density at radius 1 is 1.18 bits per heavy atom. The van der Waals surface area contributed by atoms with Crippen LogP contribution < -0.4 is 4.74 Å². The summed E-state index contributed by atoms with van der Waals surface area (Å²) in [7, 11) is 2.11. The normalized spacial score (nSPS) is 18.1. The number of rotatable bonds is 5. The topological polar surface area (TPSA) is 42.7 Å². The maximum Gasteiger partial charge on any atom is 0.417 e. The van der Waals surface area contributed by atoms with Gasteiger partial charge in [-0.1, -0.05) is 18.2 Å². The monoisotopic (exact) mass is 390 g/mol. The van der Waals surface area contributed by atoms with E-state index in [0.717, 1.165) is 25.5 Å². The lowest BCUT2D eigenvalue weighted by molar-refractivity contribution is -0.137. The van der Waals surface area contributed by atoms with Gasteiger partial charge in [-0.25, -0.2) is 9.50 Å². The zero-order valence-corrected chi connectivity index (χ0v) is 15.5. The van der Waals surface area contributed by atoms with E-state index >= 15 is 0 Å². The van der Waals surface area contributed by atoms with E-state index in [9.17, 15) is 13.2 Å². The Morgan fingerprint density at radius 3 is 2.75 bits per heavy atom. The quantitative estimate of drug-likeness (QED) is 0.652. The first kappa shape index (κ1) is 18.7. The number of aromatic nitrogens is 3. The third-order valence-corrected chi connectivity index (χ3v) is 5.22. The molecule has 2 aromatic heterocycles. The molecule has 0 bridgehead atoms. The molecule has 28 heavy (non-hydrogen) atoms. The molecule has 0 spiro atoms. The molecular formula is C20H21F3N4O. The first-order valence-corrected chi connectivity index (χ1v) is 9.28. The number of benzene rings is 1. The van der Waals surface area contributed by atoms with Crippen molar-refractivity contribution < 1.29 is 17.9 Å². The van der Waals surface area contributed by atoms with Crippen molar-refractivity contribution >= 4 is 5.65 Å². The van der Waals surface area contributed by atoms with Crippen LogP contribution in [0.1, 0.15) is 24.8 Å².